The second kappa shape index (κ2) is 7.01. The first-order valence-electron chi connectivity index (χ1n) is 8.45. The molecule has 3 aromatic rings. The zero-order chi connectivity index (χ0) is 19.8. The topological polar surface area (TPSA) is 67.6 Å². The van der Waals surface area contributed by atoms with Crippen LogP contribution in [0.15, 0.2) is 53.6 Å². The van der Waals surface area contributed by atoms with E-state index in [1.807, 2.05) is 0 Å². The molecule has 1 aliphatic heterocycles. The van der Waals surface area contributed by atoms with Gasteiger partial charge in [0, 0.05) is 0 Å². The van der Waals surface area contributed by atoms with Crippen LogP contribution in [-0.2, 0) is 6.54 Å². The second-order valence-corrected chi connectivity index (χ2v) is 6.64. The lowest BCUT2D eigenvalue weighted by atomic mass is 10.1. The number of hydrogen-bond donors (Lipinski definition) is 0. The fraction of sp³-hybridized carbons (Fsp3) is 0.100. The van der Waals surface area contributed by atoms with Gasteiger partial charge in [-0.05, 0) is 36.8 Å². The summed E-state index contributed by atoms with van der Waals surface area (Å²) in [5.74, 6) is -1.28. The van der Waals surface area contributed by atoms with Crippen LogP contribution in [0.2, 0.25) is 5.15 Å². The third kappa shape index (κ3) is 3.10. The van der Waals surface area contributed by atoms with Gasteiger partial charge in [0.1, 0.15) is 11.0 Å². The van der Waals surface area contributed by atoms with Crippen molar-refractivity contribution < 1.29 is 14.0 Å². The summed E-state index contributed by atoms with van der Waals surface area (Å²) in [4.78, 5) is 24.8. The summed E-state index contributed by atoms with van der Waals surface area (Å²) in [5.41, 5.74) is 2.56. The Bertz CT molecular complexity index is 1090. The first-order chi connectivity index (χ1) is 13.5. The standard InChI is InChI=1S/C20H14ClFN4O2/c1-12-17(18(21)25(24-12)11-13-6-8-14(22)9-7-13)10-23-26-19(27)15-4-2-3-5-16(15)20(26)28/h2-10H,11H2,1H3. The number of hydrazone groups is 1. The Morgan fingerprint density at radius 2 is 1.68 bits per heavy atom. The molecule has 0 radical (unpaired) electrons. The highest BCUT2D eigenvalue weighted by molar-refractivity contribution is 6.32. The van der Waals surface area contributed by atoms with Gasteiger partial charge in [-0.2, -0.15) is 15.2 Å². The number of nitrogens with zero attached hydrogens (tertiary/aromatic N) is 4. The van der Waals surface area contributed by atoms with E-state index in [1.165, 1.54) is 18.3 Å². The van der Waals surface area contributed by atoms with Crippen molar-refractivity contribution in [1.29, 1.82) is 0 Å². The van der Waals surface area contributed by atoms with E-state index < -0.39 is 11.8 Å². The van der Waals surface area contributed by atoms with Gasteiger partial charge < -0.3 is 0 Å². The maximum Gasteiger partial charge on any atom is 0.282 e. The highest BCUT2D eigenvalue weighted by Crippen LogP contribution is 2.24. The summed E-state index contributed by atoms with van der Waals surface area (Å²) in [6.45, 7) is 2.09. The first-order valence-corrected chi connectivity index (χ1v) is 8.82. The molecule has 2 heterocycles. The van der Waals surface area contributed by atoms with E-state index in [0.29, 0.717) is 34.1 Å². The SMILES string of the molecule is Cc1nn(Cc2ccc(F)cc2)c(Cl)c1C=NN1C(=O)c2ccccc2C1=O. The Morgan fingerprint density at radius 1 is 1.07 bits per heavy atom. The van der Waals surface area contributed by atoms with Crippen LogP contribution in [0.3, 0.4) is 0 Å². The lowest BCUT2D eigenvalue weighted by Gasteiger charge is -2.05. The first kappa shape index (κ1) is 18.1. The second-order valence-electron chi connectivity index (χ2n) is 6.29. The minimum absolute atomic E-state index is 0.308. The van der Waals surface area contributed by atoms with E-state index in [4.69, 9.17) is 11.6 Å². The van der Waals surface area contributed by atoms with Gasteiger partial charge in [0.2, 0.25) is 0 Å². The van der Waals surface area contributed by atoms with E-state index in [2.05, 4.69) is 10.2 Å². The third-order valence-corrected chi connectivity index (χ3v) is 4.83. The highest BCUT2D eigenvalue weighted by atomic mass is 35.5. The number of hydrogen-bond acceptors (Lipinski definition) is 4. The van der Waals surface area contributed by atoms with Gasteiger partial charge in [0.25, 0.3) is 11.8 Å². The molecule has 0 fully saturated rings. The van der Waals surface area contributed by atoms with E-state index in [1.54, 1.807) is 48.0 Å². The van der Waals surface area contributed by atoms with Crippen molar-refractivity contribution in [2.45, 2.75) is 13.5 Å². The van der Waals surface area contributed by atoms with Crippen LogP contribution in [0, 0.1) is 12.7 Å². The van der Waals surface area contributed by atoms with Crippen molar-refractivity contribution >= 4 is 29.6 Å². The van der Waals surface area contributed by atoms with Crippen molar-refractivity contribution in [3.63, 3.8) is 0 Å². The number of halogens is 2. The van der Waals surface area contributed by atoms with Gasteiger partial charge in [-0.3, -0.25) is 9.59 Å². The van der Waals surface area contributed by atoms with Crippen molar-refractivity contribution in [1.82, 2.24) is 14.8 Å². The highest BCUT2D eigenvalue weighted by Gasteiger charge is 2.35. The maximum absolute atomic E-state index is 13.1. The van der Waals surface area contributed by atoms with Crippen molar-refractivity contribution in [3.8, 4) is 0 Å². The van der Waals surface area contributed by atoms with Gasteiger partial charge >= 0.3 is 0 Å². The maximum atomic E-state index is 13.1. The van der Waals surface area contributed by atoms with Crippen molar-refractivity contribution in [2.24, 2.45) is 5.10 Å². The molecule has 2 amide bonds. The molecule has 0 spiro atoms. The largest absolute Gasteiger partial charge is 0.282 e. The van der Waals surface area contributed by atoms with Gasteiger partial charge in [-0.1, -0.05) is 35.9 Å². The minimum atomic E-state index is -0.482. The molecule has 4 rings (SSSR count). The summed E-state index contributed by atoms with van der Waals surface area (Å²) in [6.07, 6.45) is 1.35. The Kier molecular flexibility index (Phi) is 4.52. The minimum Gasteiger partial charge on any atom is -0.267 e. The van der Waals surface area contributed by atoms with Crippen LogP contribution in [0.1, 0.15) is 37.5 Å². The molecule has 0 saturated carbocycles. The molecule has 140 valence electrons. The number of amides is 2. The number of aromatic nitrogens is 2. The van der Waals surface area contributed by atoms with Crippen LogP contribution in [0.25, 0.3) is 0 Å². The molecule has 8 heteroatoms. The van der Waals surface area contributed by atoms with Crippen LogP contribution >= 0.6 is 11.6 Å². The summed E-state index contributed by atoms with van der Waals surface area (Å²) >= 11 is 6.40. The molecule has 0 N–H and O–H groups in total. The fourth-order valence-electron chi connectivity index (χ4n) is 2.98. The molecule has 1 aromatic heterocycles. The average Bonchev–Trinajstić information content (AvgIpc) is 3.09. The molecule has 0 aliphatic carbocycles. The Labute approximate surface area is 164 Å². The number of benzene rings is 2. The van der Waals surface area contributed by atoms with E-state index >= 15 is 0 Å². The number of fused-ring (bicyclic) bond motifs is 1. The Balaban J connectivity index is 1.59. The molecule has 28 heavy (non-hydrogen) atoms. The van der Waals surface area contributed by atoms with Crippen LogP contribution in [0.5, 0.6) is 0 Å². The van der Waals surface area contributed by atoms with Crippen LogP contribution in [0.4, 0.5) is 4.39 Å². The van der Waals surface area contributed by atoms with Crippen LogP contribution < -0.4 is 0 Å². The molecule has 0 unspecified atom stereocenters. The average molecular weight is 397 g/mol. The summed E-state index contributed by atoms with van der Waals surface area (Å²) in [6, 6.07) is 12.6. The zero-order valence-electron chi connectivity index (χ0n) is 14.8. The van der Waals surface area contributed by atoms with E-state index in [0.717, 1.165) is 10.6 Å². The normalized spacial score (nSPS) is 13.6. The summed E-state index contributed by atoms with van der Waals surface area (Å²) in [7, 11) is 0. The van der Waals surface area contributed by atoms with Crippen molar-refractivity contribution in [2.75, 3.05) is 0 Å². The number of carbonyl (C=O) groups is 2. The Hall–Kier alpha value is -3.32. The lowest BCUT2D eigenvalue weighted by Crippen LogP contribution is -2.24. The summed E-state index contributed by atoms with van der Waals surface area (Å²) in [5, 5.41) is 9.53. The molecular formula is C20H14ClFN4O2. The number of aryl methyl sites for hydroxylation is 1. The molecule has 0 bridgehead atoms. The molecule has 2 aromatic carbocycles. The van der Waals surface area contributed by atoms with Gasteiger partial charge in [0.15, 0.2) is 0 Å². The molecule has 0 saturated heterocycles. The Morgan fingerprint density at radius 3 is 2.29 bits per heavy atom. The van der Waals surface area contributed by atoms with Crippen LogP contribution in [-0.4, -0.2) is 32.8 Å². The molecule has 0 atom stereocenters. The fourth-order valence-corrected chi connectivity index (χ4v) is 3.26. The molecule has 1 aliphatic rings. The molecule has 6 nitrogen and oxygen atoms in total. The van der Waals surface area contributed by atoms with Gasteiger partial charge in [0.05, 0.1) is 35.1 Å². The number of rotatable bonds is 4. The third-order valence-electron chi connectivity index (χ3n) is 4.43. The quantitative estimate of drug-likeness (QED) is 0.499. The smallest absolute Gasteiger partial charge is 0.267 e. The number of imide groups is 1. The predicted octanol–water partition coefficient (Wildman–Crippen LogP) is 3.66. The van der Waals surface area contributed by atoms with E-state index in [9.17, 15) is 14.0 Å². The summed E-state index contributed by atoms with van der Waals surface area (Å²) < 4.78 is 14.6. The van der Waals surface area contributed by atoms with E-state index in [-0.39, 0.29) is 5.82 Å². The van der Waals surface area contributed by atoms with Crippen molar-refractivity contribution in [3.05, 3.63) is 87.4 Å². The number of carbonyl (C=O) groups excluding carboxylic acids is 2. The van der Waals surface area contributed by atoms with Gasteiger partial charge in [-0.25, -0.2) is 9.07 Å². The lowest BCUT2D eigenvalue weighted by molar-refractivity contribution is 0.0660. The van der Waals surface area contributed by atoms with Gasteiger partial charge in [-0.15, -0.1) is 0 Å². The zero-order valence-corrected chi connectivity index (χ0v) is 15.5. The predicted molar refractivity (Wildman–Crippen MR) is 102 cm³/mol. The monoisotopic (exact) mass is 396 g/mol. The molecular weight excluding hydrogens is 383 g/mol.